The minimum absolute atomic E-state index is 0.0986. The van der Waals surface area contributed by atoms with Crippen LogP contribution in [0.4, 0.5) is 0 Å². The van der Waals surface area contributed by atoms with Gasteiger partial charge in [0.1, 0.15) is 9.84 Å². The van der Waals surface area contributed by atoms with Gasteiger partial charge in [0.25, 0.3) is 0 Å². The minimum atomic E-state index is -2.95. The number of sulfone groups is 1. The molecule has 1 aromatic carbocycles. The van der Waals surface area contributed by atoms with E-state index in [-0.39, 0.29) is 18.3 Å². The quantitative estimate of drug-likeness (QED) is 0.795. The zero-order valence-corrected chi connectivity index (χ0v) is 14.3. The Balaban J connectivity index is 2.10. The lowest BCUT2D eigenvalue weighted by Crippen LogP contribution is -2.35. The standard InChI is InChI=1S/C17H27NO3S/c1-14(13-22(2,20)21)12-18(10-5-11-19)17-9-8-15-6-3-4-7-16(15)17/h3-4,6-7,14,17,19H,5,8-13H2,1-2H3. The van der Waals surface area contributed by atoms with Crippen LogP contribution in [0.2, 0.25) is 0 Å². The fraction of sp³-hybridized carbons (Fsp3) is 0.647. The Morgan fingerprint density at radius 2 is 2.09 bits per heavy atom. The molecule has 0 heterocycles. The van der Waals surface area contributed by atoms with E-state index in [4.69, 9.17) is 5.11 Å². The molecule has 0 saturated carbocycles. The van der Waals surface area contributed by atoms with Gasteiger partial charge in [-0.25, -0.2) is 8.42 Å². The highest BCUT2D eigenvalue weighted by atomic mass is 32.2. The summed E-state index contributed by atoms with van der Waals surface area (Å²) >= 11 is 0. The Hall–Kier alpha value is -0.910. The first-order valence-electron chi connectivity index (χ1n) is 8.01. The van der Waals surface area contributed by atoms with E-state index in [1.54, 1.807) is 0 Å². The second-order valence-corrected chi connectivity index (χ2v) is 8.71. The van der Waals surface area contributed by atoms with Crippen LogP contribution in [0.3, 0.4) is 0 Å². The monoisotopic (exact) mass is 325 g/mol. The molecule has 5 heteroatoms. The number of hydrogen-bond donors (Lipinski definition) is 1. The van der Waals surface area contributed by atoms with Gasteiger partial charge in [-0.15, -0.1) is 0 Å². The van der Waals surface area contributed by atoms with E-state index in [0.29, 0.717) is 6.04 Å². The summed E-state index contributed by atoms with van der Waals surface area (Å²) in [5, 5.41) is 9.15. The van der Waals surface area contributed by atoms with E-state index in [1.165, 1.54) is 17.4 Å². The summed E-state index contributed by atoms with van der Waals surface area (Å²) < 4.78 is 23.0. The summed E-state index contributed by atoms with van der Waals surface area (Å²) in [6.45, 7) is 3.73. The third-order valence-corrected chi connectivity index (χ3v) is 5.45. The van der Waals surface area contributed by atoms with Crippen molar-refractivity contribution in [3.8, 4) is 0 Å². The molecule has 2 unspecified atom stereocenters. The van der Waals surface area contributed by atoms with Crippen molar-refractivity contribution in [3.05, 3.63) is 35.4 Å². The fourth-order valence-electron chi connectivity index (χ4n) is 3.53. The third-order valence-electron chi connectivity index (χ3n) is 4.28. The van der Waals surface area contributed by atoms with Crippen LogP contribution in [-0.2, 0) is 16.3 Å². The molecule has 0 spiro atoms. The smallest absolute Gasteiger partial charge is 0.147 e. The van der Waals surface area contributed by atoms with Gasteiger partial charge in [-0.2, -0.15) is 0 Å². The molecule has 0 saturated heterocycles. The Kier molecular flexibility index (Phi) is 6.01. The minimum Gasteiger partial charge on any atom is -0.396 e. The number of aliphatic hydroxyl groups is 1. The van der Waals surface area contributed by atoms with Gasteiger partial charge in [-0.3, -0.25) is 4.90 Å². The third kappa shape index (κ3) is 4.80. The molecule has 124 valence electrons. The summed E-state index contributed by atoms with van der Waals surface area (Å²) in [6.07, 6.45) is 4.18. The van der Waals surface area contributed by atoms with Gasteiger partial charge < -0.3 is 5.11 Å². The van der Waals surface area contributed by atoms with Gasteiger partial charge in [0, 0.05) is 32.0 Å². The molecule has 0 fully saturated rings. The predicted octanol–water partition coefficient (Wildman–Crippen LogP) is 2.04. The van der Waals surface area contributed by atoms with Gasteiger partial charge in [0.2, 0.25) is 0 Å². The Bertz CT molecular complexity index is 585. The van der Waals surface area contributed by atoms with E-state index in [2.05, 4.69) is 29.2 Å². The molecule has 1 aromatic rings. The van der Waals surface area contributed by atoms with Crippen LogP contribution in [-0.4, -0.2) is 50.1 Å². The van der Waals surface area contributed by atoms with Gasteiger partial charge in [0.15, 0.2) is 0 Å². The van der Waals surface area contributed by atoms with Crippen molar-refractivity contribution in [1.82, 2.24) is 4.90 Å². The zero-order chi connectivity index (χ0) is 16.2. The molecule has 0 aliphatic heterocycles. The highest BCUT2D eigenvalue weighted by Crippen LogP contribution is 2.36. The molecule has 0 bridgehead atoms. The van der Waals surface area contributed by atoms with Crippen LogP contribution in [0, 0.1) is 5.92 Å². The largest absolute Gasteiger partial charge is 0.396 e. The molecule has 1 N–H and O–H groups in total. The molecular weight excluding hydrogens is 298 g/mol. The van der Waals surface area contributed by atoms with E-state index in [9.17, 15) is 8.42 Å². The molecule has 2 atom stereocenters. The summed E-state index contributed by atoms with van der Waals surface area (Å²) in [7, 11) is -2.95. The van der Waals surface area contributed by atoms with Crippen LogP contribution in [0.1, 0.15) is 36.9 Å². The summed E-state index contributed by atoms with van der Waals surface area (Å²) in [4.78, 5) is 2.36. The molecular formula is C17H27NO3S. The SMILES string of the molecule is CC(CN(CCCO)C1CCc2ccccc21)CS(C)(=O)=O. The zero-order valence-electron chi connectivity index (χ0n) is 13.5. The number of hydrogen-bond acceptors (Lipinski definition) is 4. The number of benzene rings is 1. The van der Waals surface area contributed by atoms with Crippen molar-refractivity contribution >= 4 is 9.84 Å². The van der Waals surface area contributed by atoms with Crippen molar-refractivity contribution in [2.24, 2.45) is 5.92 Å². The highest BCUT2D eigenvalue weighted by Gasteiger charge is 2.28. The fourth-order valence-corrected chi connectivity index (χ4v) is 4.67. The maximum atomic E-state index is 11.5. The second kappa shape index (κ2) is 7.57. The summed E-state index contributed by atoms with van der Waals surface area (Å²) in [5.41, 5.74) is 2.77. The summed E-state index contributed by atoms with van der Waals surface area (Å²) in [6, 6.07) is 8.86. The van der Waals surface area contributed by atoms with Gasteiger partial charge >= 0.3 is 0 Å². The highest BCUT2D eigenvalue weighted by molar-refractivity contribution is 7.90. The van der Waals surface area contributed by atoms with Crippen LogP contribution >= 0.6 is 0 Å². The first-order chi connectivity index (χ1) is 10.4. The first-order valence-corrected chi connectivity index (χ1v) is 10.1. The lowest BCUT2D eigenvalue weighted by Gasteiger charge is -2.31. The van der Waals surface area contributed by atoms with Gasteiger partial charge in [-0.1, -0.05) is 31.2 Å². The van der Waals surface area contributed by atoms with Crippen molar-refractivity contribution in [2.75, 3.05) is 31.7 Å². The maximum Gasteiger partial charge on any atom is 0.147 e. The summed E-state index contributed by atoms with van der Waals surface area (Å²) in [5.74, 6) is 0.318. The lowest BCUT2D eigenvalue weighted by molar-refractivity contribution is 0.157. The van der Waals surface area contributed by atoms with Crippen molar-refractivity contribution < 1.29 is 13.5 Å². The molecule has 4 nitrogen and oxygen atoms in total. The first kappa shape index (κ1) is 17.4. The van der Waals surface area contributed by atoms with E-state index >= 15 is 0 Å². The Morgan fingerprint density at radius 3 is 2.77 bits per heavy atom. The topological polar surface area (TPSA) is 57.6 Å². The van der Waals surface area contributed by atoms with E-state index in [1.807, 2.05) is 6.92 Å². The molecule has 0 amide bonds. The second-order valence-electron chi connectivity index (χ2n) is 6.52. The average Bonchev–Trinajstić information content (AvgIpc) is 2.85. The lowest BCUT2D eigenvalue weighted by atomic mass is 10.0. The number of rotatable bonds is 8. The molecule has 0 aromatic heterocycles. The maximum absolute atomic E-state index is 11.5. The number of fused-ring (bicyclic) bond motifs is 1. The predicted molar refractivity (Wildman–Crippen MR) is 89.7 cm³/mol. The Morgan fingerprint density at radius 1 is 1.36 bits per heavy atom. The molecule has 2 rings (SSSR count). The van der Waals surface area contributed by atoms with Crippen LogP contribution in [0.5, 0.6) is 0 Å². The number of aliphatic hydroxyl groups excluding tert-OH is 1. The van der Waals surface area contributed by atoms with Crippen LogP contribution < -0.4 is 0 Å². The molecule has 0 radical (unpaired) electrons. The van der Waals surface area contributed by atoms with E-state index in [0.717, 1.165) is 32.4 Å². The average molecular weight is 325 g/mol. The van der Waals surface area contributed by atoms with Crippen molar-refractivity contribution in [3.63, 3.8) is 0 Å². The van der Waals surface area contributed by atoms with Gasteiger partial charge in [-0.05, 0) is 36.3 Å². The van der Waals surface area contributed by atoms with Crippen molar-refractivity contribution in [2.45, 2.75) is 32.2 Å². The van der Waals surface area contributed by atoms with Crippen molar-refractivity contribution in [1.29, 1.82) is 0 Å². The number of nitrogens with zero attached hydrogens (tertiary/aromatic N) is 1. The molecule has 1 aliphatic rings. The molecule has 1 aliphatic carbocycles. The van der Waals surface area contributed by atoms with E-state index < -0.39 is 9.84 Å². The molecule has 22 heavy (non-hydrogen) atoms. The number of aryl methyl sites for hydroxylation is 1. The Labute approximate surface area is 134 Å². The van der Waals surface area contributed by atoms with Gasteiger partial charge in [0.05, 0.1) is 5.75 Å². The normalized spacial score (nSPS) is 19.4. The van der Waals surface area contributed by atoms with Crippen LogP contribution in [0.25, 0.3) is 0 Å². The van der Waals surface area contributed by atoms with Crippen LogP contribution in [0.15, 0.2) is 24.3 Å².